The van der Waals surface area contributed by atoms with E-state index in [1.165, 1.54) is 308 Å². The Labute approximate surface area is 631 Å². The SMILES string of the molecule is CCCCCCCCCCCCOc1cc(COc2cc(CO)cc(OCc3cc(OCCCCCCCCCCCC)c(OCCCCCCCCCCCC)c(OCCCCCCCCCCCC)c3)c2)cc(OCCCCCCCCCCCC)c1OCCCCCCCCCCCC. The molecule has 0 saturated carbocycles. The Morgan fingerprint density at radius 1 is 0.186 bits per heavy atom. The zero-order chi connectivity index (χ0) is 72.7. The second-order valence-corrected chi connectivity index (χ2v) is 30.6. The summed E-state index contributed by atoms with van der Waals surface area (Å²) in [6.07, 6.45) is 76.5. The maximum Gasteiger partial charge on any atom is 0.203 e. The highest BCUT2D eigenvalue weighted by atomic mass is 16.6. The van der Waals surface area contributed by atoms with Crippen molar-refractivity contribution in [1.82, 2.24) is 0 Å². The molecule has 9 heteroatoms. The Morgan fingerprint density at radius 3 is 0.549 bits per heavy atom. The van der Waals surface area contributed by atoms with Crippen LogP contribution in [0.1, 0.15) is 443 Å². The number of ether oxygens (including phenoxy) is 8. The number of benzene rings is 3. The van der Waals surface area contributed by atoms with Gasteiger partial charge in [-0.1, -0.05) is 388 Å². The first-order chi connectivity index (χ1) is 50.5. The molecule has 0 radical (unpaired) electrons. The maximum absolute atomic E-state index is 10.7. The fraction of sp³-hybridized carbons (Fsp3) is 0.806. The van der Waals surface area contributed by atoms with Crippen LogP contribution in [0.15, 0.2) is 42.5 Å². The maximum atomic E-state index is 10.7. The summed E-state index contributed by atoms with van der Waals surface area (Å²) in [5.74, 6) is 5.63. The molecule has 3 rings (SSSR count). The third-order valence-corrected chi connectivity index (χ3v) is 20.6. The van der Waals surface area contributed by atoms with E-state index in [0.29, 0.717) is 51.1 Å². The zero-order valence-electron chi connectivity index (χ0n) is 68.0. The molecule has 0 amide bonds. The van der Waals surface area contributed by atoms with Crippen LogP contribution in [0.5, 0.6) is 46.0 Å². The highest BCUT2D eigenvalue weighted by Gasteiger charge is 2.20. The molecule has 590 valence electrons. The number of hydrogen-bond donors (Lipinski definition) is 1. The Bertz CT molecular complexity index is 2040. The summed E-state index contributed by atoms with van der Waals surface area (Å²) < 4.78 is 54.2. The van der Waals surface area contributed by atoms with Gasteiger partial charge in [-0.3, -0.25) is 0 Å². The minimum Gasteiger partial charge on any atom is -0.490 e. The van der Waals surface area contributed by atoms with Crippen LogP contribution in [0.4, 0.5) is 0 Å². The van der Waals surface area contributed by atoms with E-state index >= 15 is 0 Å². The van der Waals surface area contributed by atoms with Crippen molar-refractivity contribution in [2.24, 2.45) is 0 Å². The molecular formula is C93H164O9. The van der Waals surface area contributed by atoms with Gasteiger partial charge in [0.2, 0.25) is 11.5 Å². The number of rotatable bonds is 79. The molecule has 0 saturated heterocycles. The van der Waals surface area contributed by atoms with Gasteiger partial charge >= 0.3 is 0 Å². The molecule has 102 heavy (non-hydrogen) atoms. The molecular weight excluding hydrogens is 1260 g/mol. The van der Waals surface area contributed by atoms with Gasteiger partial charge in [0.05, 0.1) is 46.2 Å². The monoisotopic (exact) mass is 1430 g/mol. The lowest BCUT2D eigenvalue weighted by molar-refractivity contribution is 0.231. The molecule has 0 heterocycles. The van der Waals surface area contributed by atoms with E-state index in [9.17, 15) is 5.11 Å². The third-order valence-electron chi connectivity index (χ3n) is 20.6. The Hall–Kier alpha value is -3.98. The van der Waals surface area contributed by atoms with Crippen LogP contribution in [0, 0.1) is 0 Å². The average Bonchev–Trinajstić information content (AvgIpc) is 0.833. The van der Waals surface area contributed by atoms with Crippen LogP contribution in [0.3, 0.4) is 0 Å². The minimum atomic E-state index is -0.147. The van der Waals surface area contributed by atoms with Crippen molar-refractivity contribution in [2.75, 3.05) is 39.6 Å². The molecule has 9 nitrogen and oxygen atoms in total. The average molecular weight is 1430 g/mol. The molecule has 0 bridgehead atoms. The van der Waals surface area contributed by atoms with Crippen molar-refractivity contribution in [2.45, 2.75) is 447 Å². The van der Waals surface area contributed by atoms with Gasteiger partial charge in [-0.2, -0.15) is 0 Å². The van der Waals surface area contributed by atoms with Crippen LogP contribution in [-0.2, 0) is 19.8 Å². The summed E-state index contributed by atoms with van der Waals surface area (Å²) in [6.45, 7) is 17.9. The highest BCUT2D eigenvalue weighted by molar-refractivity contribution is 5.55. The molecule has 0 aliphatic rings. The second kappa shape index (κ2) is 70.0. The molecule has 0 fully saturated rings. The van der Waals surface area contributed by atoms with E-state index in [0.717, 1.165) is 128 Å². The lowest BCUT2D eigenvalue weighted by Gasteiger charge is -2.20. The second-order valence-electron chi connectivity index (χ2n) is 30.6. The minimum absolute atomic E-state index is 0.147. The van der Waals surface area contributed by atoms with Crippen molar-refractivity contribution in [3.8, 4) is 46.0 Å². The van der Waals surface area contributed by atoms with Crippen molar-refractivity contribution in [3.05, 3.63) is 59.2 Å². The summed E-state index contributed by atoms with van der Waals surface area (Å²) in [7, 11) is 0. The first-order valence-corrected chi connectivity index (χ1v) is 44.6. The van der Waals surface area contributed by atoms with Crippen LogP contribution >= 0.6 is 0 Å². The van der Waals surface area contributed by atoms with E-state index < -0.39 is 0 Å². The zero-order valence-corrected chi connectivity index (χ0v) is 68.0. The molecule has 1 N–H and O–H groups in total. The molecule has 0 aromatic heterocycles. The molecule has 3 aromatic rings. The Kier molecular flexibility index (Phi) is 63.3. The fourth-order valence-electron chi connectivity index (χ4n) is 14.0. The lowest BCUT2D eigenvalue weighted by atomic mass is 10.1. The summed E-state index contributed by atoms with van der Waals surface area (Å²) in [5, 5.41) is 10.7. The number of aliphatic hydroxyl groups is 1. The van der Waals surface area contributed by atoms with E-state index in [-0.39, 0.29) is 19.8 Å². The first kappa shape index (κ1) is 92.2. The van der Waals surface area contributed by atoms with Crippen LogP contribution < -0.4 is 37.9 Å². The van der Waals surface area contributed by atoms with Gasteiger partial charge in [-0.05, 0) is 91.6 Å². The number of hydrogen-bond acceptors (Lipinski definition) is 9. The third kappa shape index (κ3) is 51.3. The van der Waals surface area contributed by atoms with Crippen molar-refractivity contribution < 1.29 is 43.0 Å². The van der Waals surface area contributed by atoms with Crippen LogP contribution in [0.2, 0.25) is 0 Å². The van der Waals surface area contributed by atoms with E-state index in [1.807, 2.05) is 18.2 Å². The molecule has 3 aromatic carbocycles. The molecule has 0 unspecified atom stereocenters. The van der Waals surface area contributed by atoms with Gasteiger partial charge < -0.3 is 43.0 Å². The van der Waals surface area contributed by atoms with Gasteiger partial charge in [0.25, 0.3) is 0 Å². The highest BCUT2D eigenvalue weighted by Crippen LogP contribution is 2.42. The van der Waals surface area contributed by atoms with Crippen molar-refractivity contribution >= 4 is 0 Å². The van der Waals surface area contributed by atoms with Gasteiger partial charge in [-0.25, -0.2) is 0 Å². The van der Waals surface area contributed by atoms with Gasteiger partial charge in [0.15, 0.2) is 23.0 Å². The van der Waals surface area contributed by atoms with E-state index in [2.05, 4.69) is 65.8 Å². The van der Waals surface area contributed by atoms with Crippen LogP contribution in [-0.4, -0.2) is 44.7 Å². The van der Waals surface area contributed by atoms with Gasteiger partial charge in [-0.15, -0.1) is 0 Å². The number of aliphatic hydroxyl groups excluding tert-OH is 1. The normalized spacial score (nSPS) is 11.4. The summed E-state index contributed by atoms with van der Waals surface area (Å²) in [5.41, 5.74) is 2.61. The lowest BCUT2D eigenvalue weighted by Crippen LogP contribution is -2.08. The molecule has 0 spiro atoms. The van der Waals surface area contributed by atoms with Gasteiger partial charge in [0, 0.05) is 6.07 Å². The summed E-state index contributed by atoms with van der Waals surface area (Å²) >= 11 is 0. The topological polar surface area (TPSA) is 94.1 Å². The summed E-state index contributed by atoms with van der Waals surface area (Å²) in [6, 6.07) is 14.2. The Balaban J connectivity index is 1.90. The first-order valence-electron chi connectivity index (χ1n) is 44.6. The fourth-order valence-corrected chi connectivity index (χ4v) is 14.0. The predicted octanol–water partition coefficient (Wildman–Crippen LogP) is 30.1. The van der Waals surface area contributed by atoms with Crippen molar-refractivity contribution in [1.29, 1.82) is 0 Å². The Morgan fingerprint density at radius 2 is 0.363 bits per heavy atom. The summed E-state index contributed by atoms with van der Waals surface area (Å²) in [4.78, 5) is 0. The van der Waals surface area contributed by atoms with E-state index in [1.54, 1.807) is 0 Å². The number of unbranched alkanes of at least 4 members (excludes halogenated alkanes) is 54. The van der Waals surface area contributed by atoms with E-state index in [4.69, 9.17) is 37.9 Å². The predicted molar refractivity (Wildman–Crippen MR) is 438 cm³/mol. The van der Waals surface area contributed by atoms with Crippen molar-refractivity contribution in [3.63, 3.8) is 0 Å². The molecule has 0 aliphatic carbocycles. The molecule has 0 atom stereocenters. The van der Waals surface area contributed by atoms with Gasteiger partial charge in [0.1, 0.15) is 24.7 Å². The van der Waals surface area contributed by atoms with Crippen LogP contribution in [0.25, 0.3) is 0 Å². The quantitative estimate of drug-likeness (QED) is 0.0555. The molecule has 0 aliphatic heterocycles. The smallest absolute Gasteiger partial charge is 0.203 e. The largest absolute Gasteiger partial charge is 0.490 e. The standard InChI is InChI=1S/C93H164O9/c1-7-13-19-25-31-37-43-49-55-61-67-95-88-75-84(76-89(96-68-62-56-50-44-38-32-26-20-14-8-2)92(88)99-71-65-59-53-47-41-35-29-23-17-11-5)81-101-86-73-83(80-94)74-87(79-86)102-82-85-77-90(97-69-63-57-51-45-39-33-27-21-15-9-3)93(100-72-66-60-54-48-42-36-30-24-18-12-6)91(78-85)98-70-64-58-52-46-40-34-28-22-16-10-4/h73-79,94H,7-72,80-82H2,1-6H3.